The number of aromatic hydroxyl groups is 1. The lowest BCUT2D eigenvalue weighted by Gasteiger charge is -2.27. The van der Waals surface area contributed by atoms with Crippen LogP contribution in [0.3, 0.4) is 0 Å². The fraction of sp³-hybridized carbons (Fsp3) is 0.538. The van der Waals surface area contributed by atoms with Gasteiger partial charge in [-0.2, -0.15) is 0 Å². The first-order valence-corrected chi connectivity index (χ1v) is 5.79. The first kappa shape index (κ1) is 9.22. The summed E-state index contributed by atoms with van der Waals surface area (Å²) in [4.78, 5) is 0. The highest BCUT2D eigenvalue weighted by Gasteiger charge is 2.55. The lowest BCUT2D eigenvalue weighted by molar-refractivity contribution is 0.443. The van der Waals surface area contributed by atoms with Gasteiger partial charge in [-0.15, -0.1) is 0 Å². The van der Waals surface area contributed by atoms with Crippen molar-refractivity contribution in [1.29, 1.82) is 0 Å². The molecule has 80 valence electrons. The number of phenols is 1. The molecule has 2 aliphatic rings. The summed E-state index contributed by atoms with van der Waals surface area (Å²) >= 11 is 0. The van der Waals surface area contributed by atoms with Gasteiger partial charge in [0.2, 0.25) is 0 Å². The predicted octanol–water partition coefficient (Wildman–Crippen LogP) is 1.94. The average Bonchev–Trinajstić information content (AvgIpc) is 2.95. The Hall–Kier alpha value is -1.02. The molecule has 0 heterocycles. The van der Waals surface area contributed by atoms with Crippen molar-refractivity contribution in [2.75, 3.05) is 6.54 Å². The molecule has 2 unspecified atom stereocenters. The van der Waals surface area contributed by atoms with Crippen LogP contribution in [0.1, 0.15) is 30.4 Å². The van der Waals surface area contributed by atoms with Crippen molar-refractivity contribution in [3.63, 3.8) is 0 Å². The average molecular weight is 203 g/mol. The van der Waals surface area contributed by atoms with Crippen molar-refractivity contribution in [2.24, 2.45) is 11.7 Å². The Morgan fingerprint density at radius 2 is 2.33 bits per heavy atom. The van der Waals surface area contributed by atoms with Gasteiger partial charge in [-0.1, -0.05) is 12.1 Å². The number of rotatable bonds is 1. The van der Waals surface area contributed by atoms with Crippen molar-refractivity contribution in [3.05, 3.63) is 29.3 Å². The molecule has 2 heteroatoms. The fourth-order valence-corrected chi connectivity index (χ4v) is 3.34. The van der Waals surface area contributed by atoms with E-state index >= 15 is 0 Å². The number of nitrogens with two attached hydrogens (primary N) is 1. The van der Waals surface area contributed by atoms with E-state index in [1.165, 1.54) is 30.4 Å². The van der Waals surface area contributed by atoms with Gasteiger partial charge in [0.15, 0.2) is 0 Å². The summed E-state index contributed by atoms with van der Waals surface area (Å²) in [5.74, 6) is 1.13. The molecule has 3 N–H and O–H groups in total. The van der Waals surface area contributed by atoms with E-state index in [2.05, 4.69) is 6.07 Å². The summed E-state index contributed by atoms with van der Waals surface area (Å²) in [5.41, 5.74) is 8.67. The van der Waals surface area contributed by atoms with Crippen LogP contribution in [-0.2, 0) is 11.8 Å². The molecule has 15 heavy (non-hydrogen) atoms. The smallest absolute Gasteiger partial charge is 0.119 e. The molecule has 0 bridgehead atoms. The normalized spacial score (nSPS) is 32.7. The molecule has 0 amide bonds. The Bertz CT molecular complexity index is 402. The number of phenolic OH excluding ortho intramolecular Hbond substituents is 1. The second kappa shape index (κ2) is 2.99. The van der Waals surface area contributed by atoms with Crippen LogP contribution in [0, 0.1) is 5.92 Å². The number of benzene rings is 1. The van der Waals surface area contributed by atoms with Crippen LogP contribution < -0.4 is 5.73 Å². The Kier molecular flexibility index (Phi) is 1.84. The summed E-state index contributed by atoms with van der Waals surface area (Å²) in [6.07, 6.45) is 4.70. The van der Waals surface area contributed by atoms with Crippen molar-refractivity contribution >= 4 is 0 Å². The Morgan fingerprint density at radius 3 is 3.07 bits per heavy atom. The monoisotopic (exact) mass is 203 g/mol. The maximum atomic E-state index is 9.84. The van der Waals surface area contributed by atoms with Crippen LogP contribution in [-0.4, -0.2) is 11.7 Å². The standard InChI is InChI=1S/C13H17NO/c14-8-9-7-13(9)6-2-3-10-11(13)4-1-5-12(10)15/h1,4-5,9,15H,2-3,6-8,14H2. The van der Waals surface area contributed by atoms with Gasteiger partial charge >= 0.3 is 0 Å². The van der Waals surface area contributed by atoms with Crippen LogP contribution in [0.5, 0.6) is 5.75 Å². The Morgan fingerprint density at radius 1 is 1.47 bits per heavy atom. The Labute approximate surface area is 90.1 Å². The molecule has 0 aliphatic heterocycles. The molecule has 1 fully saturated rings. The first-order valence-electron chi connectivity index (χ1n) is 5.79. The van der Waals surface area contributed by atoms with E-state index in [0.717, 1.165) is 13.0 Å². The molecule has 2 aliphatic carbocycles. The van der Waals surface area contributed by atoms with Gasteiger partial charge in [0.25, 0.3) is 0 Å². The minimum absolute atomic E-state index is 0.334. The minimum Gasteiger partial charge on any atom is -0.508 e. The van der Waals surface area contributed by atoms with Crippen molar-refractivity contribution in [3.8, 4) is 5.75 Å². The summed E-state index contributed by atoms with van der Waals surface area (Å²) in [7, 11) is 0. The third kappa shape index (κ3) is 1.14. The molecule has 1 aromatic rings. The van der Waals surface area contributed by atoms with E-state index in [1.807, 2.05) is 6.07 Å². The van der Waals surface area contributed by atoms with Gasteiger partial charge in [-0.25, -0.2) is 0 Å². The van der Waals surface area contributed by atoms with Crippen LogP contribution in [0.4, 0.5) is 0 Å². The maximum Gasteiger partial charge on any atom is 0.119 e. The summed E-state index contributed by atoms with van der Waals surface area (Å²) in [6, 6.07) is 5.95. The topological polar surface area (TPSA) is 46.2 Å². The summed E-state index contributed by atoms with van der Waals surface area (Å²) < 4.78 is 0. The van der Waals surface area contributed by atoms with E-state index in [4.69, 9.17) is 5.73 Å². The second-order valence-corrected chi connectivity index (χ2v) is 4.95. The van der Waals surface area contributed by atoms with Crippen LogP contribution >= 0.6 is 0 Å². The van der Waals surface area contributed by atoms with Gasteiger partial charge in [-0.05, 0) is 55.3 Å². The lowest BCUT2D eigenvalue weighted by atomic mass is 9.78. The zero-order valence-corrected chi connectivity index (χ0v) is 8.87. The third-order valence-corrected chi connectivity index (χ3v) is 4.25. The number of hydrogen-bond donors (Lipinski definition) is 2. The van der Waals surface area contributed by atoms with Crippen LogP contribution in [0.2, 0.25) is 0 Å². The second-order valence-electron chi connectivity index (χ2n) is 4.95. The molecule has 2 atom stereocenters. The van der Waals surface area contributed by atoms with E-state index in [1.54, 1.807) is 6.07 Å². The van der Waals surface area contributed by atoms with Gasteiger partial charge in [0, 0.05) is 5.41 Å². The molecule has 2 nitrogen and oxygen atoms in total. The van der Waals surface area contributed by atoms with Gasteiger partial charge in [-0.3, -0.25) is 0 Å². The fourth-order valence-electron chi connectivity index (χ4n) is 3.34. The van der Waals surface area contributed by atoms with E-state index in [0.29, 0.717) is 17.1 Å². The molecule has 1 aromatic carbocycles. The van der Waals surface area contributed by atoms with Gasteiger partial charge in [0.1, 0.15) is 5.75 Å². The van der Waals surface area contributed by atoms with E-state index in [9.17, 15) is 5.11 Å². The summed E-state index contributed by atoms with van der Waals surface area (Å²) in [5, 5.41) is 9.84. The molecule has 1 spiro atoms. The first-order chi connectivity index (χ1) is 7.28. The molecule has 0 radical (unpaired) electrons. The molecular formula is C13H17NO. The van der Waals surface area contributed by atoms with E-state index in [-0.39, 0.29) is 0 Å². The van der Waals surface area contributed by atoms with Crippen molar-refractivity contribution < 1.29 is 5.11 Å². The molecule has 0 aromatic heterocycles. The van der Waals surface area contributed by atoms with Crippen molar-refractivity contribution in [2.45, 2.75) is 31.1 Å². The molecular weight excluding hydrogens is 186 g/mol. The highest BCUT2D eigenvalue weighted by atomic mass is 16.3. The zero-order chi connectivity index (χ0) is 10.5. The molecule has 0 saturated heterocycles. The van der Waals surface area contributed by atoms with Crippen LogP contribution in [0.15, 0.2) is 18.2 Å². The lowest BCUT2D eigenvalue weighted by Crippen LogP contribution is -2.21. The molecule has 1 saturated carbocycles. The minimum atomic E-state index is 0.334. The van der Waals surface area contributed by atoms with Gasteiger partial charge in [0.05, 0.1) is 0 Å². The van der Waals surface area contributed by atoms with E-state index < -0.39 is 0 Å². The third-order valence-electron chi connectivity index (χ3n) is 4.25. The molecule has 3 rings (SSSR count). The SMILES string of the molecule is NCC1CC12CCCc1c(O)cccc12. The van der Waals surface area contributed by atoms with Gasteiger partial charge < -0.3 is 10.8 Å². The highest BCUT2D eigenvalue weighted by Crippen LogP contribution is 2.60. The largest absolute Gasteiger partial charge is 0.508 e. The van der Waals surface area contributed by atoms with Crippen molar-refractivity contribution in [1.82, 2.24) is 0 Å². The maximum absolute atomic E-state index is 9.84. The quantitative estimate of drug-likeness (QED) is 0.732. The number of hydrogen-bond acceptors (Lipinski definition) is 2. The van der Waals surface area contributed by atoms with Crippen LogP contribution in [0.25, 0.3) is 0 Å². The zero-order valence-electron chi connectivity index (χ0n) is 8.87. The highest BCUT2D eigenvalue weighted by molar-refractivity contribution is 5.48. The number of fused-ring (bicyclic) bond motifs is 2. The summed E-state index contributed by atoms with van der Waals surface area (Å²) in [6.45, 7) is 0.787. The Balaban J connectivity index is 2.09. The predicted molar refractivity (Wildman–Crippen MR) is 59.9 cm³/mol.